The number of hydrogen-bond acceptors (Lipinski definition) is 6. The molecule has 136 valence electrons. The molecule has 0 bridgehead atoms. The fraction of sp³-hybridized carbons (Fsp3) is 0.556. The first kappa shape index (κ1) is 18.9. The molecular weight excluding hydrogens is 324 g/mol. The number of amides is 1. The van der Waals surface area contributed by atoms with Crippen molar-refractivity contribution >= 4 is 5.91 Å². The summed E-state index contributed by atoms with van der Waals surface area (Å²) in [5, 5.41) is 12.3. The Morgan fingerprint density at radius 1 is 1.24 bits per heavy atom. The molecule has 1 fully saturated rings. The fourth-order valence-electron chi connectivity index (χ4n) is 3.09. The van der Waals surface area contributed by atoms with Crippen molar-refractivity contribution < 1.29 is 23.7 Å². The highest BCUT2D eigenvalue weighted by atomic mass is 16.5. The number of hydrogen-bond donors (Lipinski definition) is 1. The average molecular weight is 348 g/mol. The highest BCUT2D eigenvalue weighted by molar-refractivity contribution is 5.82. The van der Waals surface area contributed by atoms with E-state index >= 15 is 0 Å². The van der Waals surface area contributed by atoms with Crippen LogP contribution in [-0.4, -0.2) is 39.4 Å². The van der Waals surface area contributed by atoms with Gasteiger partial charge in [-0.05, 0) is 37.0 Å². The molecule has 4 atom stereocenters. The Morgan fingerprint density at radius 3 is 2.24 bits per heavy atom. The van der Waals surface area contributed by atoms with Crippen LogP contribution in [0, 0.1) is 17.2 Å². The van der Waals surface area contributed by atoms with Gasteiger partial charge in [0.05, 0.1) is 33.5 Å². The predicted octanol–water partition coefficient (Wildman–Crippen LogP) is 2.21. The molecule has 1 amide bonds. The molecule has 0 aromatic heterocycles. The SMILES string of the molecule is COc1cc([C@H](C#N)NC(=O)[C@@H]2O[C@@H](C)C[C@H]2C)cc(OC)c1OC. The van der Waals surface area contributed by atoms with Crippen molar-refractivity contribution in [3.63, 3.8) is 0 Å². The van der Waals surface area contributed by atoms with E-state index in [1.165, 1.54) is 21.3 Å². The van der Waals surface area contributed by atoms with E-state index in [1.54, 1.807) is 12.1 Å². The minimum atomic E-state index is -0.854. The number of benzene rings is 1. The summed E-state index contributed by atoms with van der Waals surface area (Å²) >= 11 is 0. The van der Waals surface area contributed by atoms with Crippen LogP contribution in [0.4, 0.5) is 0 Å². The summed E-state index contributed by atoms with van der Waals surface area (Å²) in [7, 11) is 4.50. The molecule has 0 aliphatic carbocycles. The van der Waals surface area contributed by atoms with Crippen molar-refractivity contribution in [3.8, 4) is 23.3 Å². The van der Waals surface area contributed by atoms with Gasteiger partial charge in [-0.25, -0.2) is 0 Å². The molecule has 1 saturated heterocycles. The Kier molecular flexibility index (Phi) is 6.10. The van der Waals surface area contributed by atoms with Gasteiger partial charge < -0.3 is 24.3 Å². The Balaban J connectivity index is 2.26. The van der Waals surface area contributed by atoms with Crippen molar-refractivity contribution in [2.45, 2.75) is 38.5 Å². The Labute approximate surface area is 147 Å². The number of carbonyl (C=O) groups is 1. The van der Waals surface area contributed by atoms with Crippen LogP contribution in [0.5, 0.6) is 17.2 Å². The van der Waals surface area contributed by atoms with Crippen molar-refractivity contribution in [2.24, 2.45) is 5.92 Å². The Bertz CT molecular complexity index is 645. The molecule has 7 heteroatoms. The van der Waals surface area contributed by atoms with E-state index in [2.05, 4.69) is 11.4 Å². The first-order valence-electron chi connectivity index (χ1n) is 8.10. The van der Waals surface area contributed by atoms with Gasteiger partial charge in [-0.3, -0.25) is 4.79 Å². The number of methoxy groups -OCH3 is 3. The van der Waals surface area contributed by atoms with E-state index in [4.69, 9.17) is 18.9 Å². The van der Waals surface area contributed by atoms with Crippen LogP contribution in [-0.2, 0) is 9.53 Å². The second-order valence-corrected chi connectivity index (χ2v) is 6.11. The zero-order chi connectivity index (χ0) is 18.6. The molecule has 0 spiro atoms. The summed E-state index contributed by atoms with van der Waals surface area (Å²) in [5.41, 5.74) is 0.545. The maximum absolute atomic E-state index is 12.5. The van der Waals surface area contributed by atoms with Crippen molar-refractivity contribution in [1.82, 2.24) is 5.32 Å². The molecule has 1 aliphatic heterocycles. The van der Waals surface area contributed by atoms with Crippen LogP contribution in [0.25, 0.3) is 0 Å². The number of nitrogens with zero attached hydrogens (tertiary/aromatic N) is 1. The highest BCUT2D eigenvalue weighted by Gasteiger charge is 2.36. The van der Waals surface area contributed by atoms with Crippen molar-refractivity contribution in [3.05, 3.63) is 17.7 Å². The average Bonchev–Trinajstić information content (AvgIpc) is 2.96. The van der Waals surface area contributed by atoms with Crippen molar-refractivity contribution in [1.29, 1.82) is 5.26 Å². The molecule has 0 saturated carbocycles. The summed E-state index contributed by atoms with van der Waals surface area (Å²) in [6.45, 7) is 3.90. The van der Waals surface area contributed by atoms with Gasteiger partial charge in [0.25, 0.3) is 5.91 Å². The first-order chi connectivity index (χ1) is 11.9. The van der Waals surface area contributed by atoms with Gasteiger partial charge in [0.15, 0.2) is 11.5 Å². The van der Waals surface area contributed by atoms with Crippen LogP contribution in [0.3, 0.4) is 0 Å². The zero-order valence-corrected chi connectivity index (χ0v) is 15.2. The van der Waals surface area contributed by atoms with Gasteiger partial charge in [0.2, 0.25) is 5.75 Å². The first-order valence-corrected chi connectivity index (χ1v) is 8.10. The van der Waals surface area contributed by atoms with Gasteiger partial charge >= 0.3 is 0 Å². The fourth-order valence-corrected chi connectivity index (χ4v) is 3.09. The number of nitrogens with one attached hydrogen (secondary N) is 1. The highest BCUT2D eigenvalue weighted by Crippen LogP contribution is 2.39. The number of rotatable bonds is 6. The monoisotopic (exact) mass is 348 g/mol. The van der Waals surface area contributed by atoms with Crippen LogP contribution < -0.4 is 19.5 Å². The number of nitriles is 1. The molecule has 1 aliphatic rings. The molecule has 1 heterocycles. The number of carbonyl (C=O) groups excluding carboxylic acids is 1. The largest absolute Gasteiger partial charge is 0.493 e. The maximum Gasteiger partial charge on any atom is 0.250 e. The van der Waals surface area contributed by atoms with E-state index in [9.17, 15) is 10.1 Å². The number of ether oxygens (including phenoxy) is 4. The standard InChI is InChI=1S/C18H24N2O5/c1-10-6-11(2)25-16(10)18(21)20-13(9-19)12-7-14(22-3)17(24-5)15(8-12)23-4/h7-8,10-11,13,16H,6H2,1-5H3,(H,20,21)/t10-,11+,13+,16-/m1/s1. The summed E-state index contributed by atoms with van der Waals surface area (Å²) in [4.78, 5) is 12.5. The summed E-state index contributed by atoms with van der Waals surface area (Å²) < 4.78 is 21.5. The van der Waals surface area contributed by atoms with E-state index in [0.717, 1.165) is 6.42 Å². The molecular formula is C18H24N2O5. The molecule has 25 heavy (non-hydrogen) atoms. The topological polar surface area (TPSA) is 89.8 Å². The van der Waals surface area contributed by atoms with Crippen LogP contribution in [0.15, 0.2) is 12.1 Å². The Morgan fingerprint density at radius 2 is 1.84 bits per heavy atom. The lowest BCUT2D eigenvalue weighted by molar-refractivity contribution is -0.133. The summed E-state index contributed by atoms with van der Waals surface area (Å²) in [6.07, 6.45) is 0.305. The van der Waals surface area contributed by atoms with Gasteiger partial charge in [-0.1, -0.05) is 6.92 Å². The third-order valence-corrected chi connectivity index (χ3v) is 4.29. The maximum atomic E-state index is 12.5. The van der Waals surface area contributed by atoms with Crippen LogP contribution in [0.2, 0.25) is 0 Å². The minimum absolute atomic E-state index is 0.0347. The second kappa shape index (κ2) is 8.08. The van der Waals surface area contributed by atoms with E-state index in [-0.39, 0.29) is 17.9 Å². The van der Waals surface area contributed by atoms with Crippen molar-refractivity contribution in [2.75, 3.05) is 21.3 Å². The molecule has 1 aromatic carbocycles. The van der Waals surface area contributed by atoms with E-state index in [0.29, 0.717) is 22.8 Å². The molecule has 0 radical (unpaired) electrons. The zero-order valence-electron chi connectivity index (χ0n) is 15.2. The lowest BCUT2D eigenvalue weighted by Gasteiger charge is -2.20. The molecule has 0 unspecified atom stereocenters. The van der Waals surface area contributed by atoms with Gasteiger partial charge in [0.1, 0.15) is 12.1 Å². The van der Waals surface area contributed by atoms with Gasteiger partial charge in [-0.15, -0.1) is 0 Å². The second-order valence-electron chi connectivity index (χ2n) is 6.11. The molecule has 2 rings (SSSR count). The lowest BCUT2D eigenvalue weighted by Crippen LogP contribution is -2.39. The van der Waals surface area contributed by atoms with Crippen LogP contribution in [0.1, 0.15) is 31.9 Å². The minimum Gasteiger partial charge on any atom is -0.493 e. The van der Waals surface area contributed by atoms with Gasteiger partial charge in [0, 0.05) is 0 Å². The van der Waals surface area contributed by atoms with Crippen LogP contribution >= 0.6 is 0 Å². The quantitative estimate of drug-likeness (QED) is 0.848. The normalized spacial score (nSPS) is 23.4. The van der Waals surface area contributed by atoms with E-state index < -0.39 is 12.1 Å². The lowest BCUT2D eigenvalue weighted by atomic mass is 10.0. The third-order valence-electron chi connectivity index (χ3n) is 4.29. The molecule has 7 nitrogen and oxygen atoms in total. The Hall–Kier alpha value is -2.46. The third kappa shape index (κ3) is 3.97. The summed E-state index contributed by atoms with van der Waals surface area (Å²) in [6, 6.07) is 4.55. The molecule has 1 N–H and O–H groups in total. The van der Waals surface area contributed by atoms with E-state index in [1.807, 2.05) is 13.8 Å². The predicted molar refractivity (Wildman–Crippen MR) is 90.7 cm³/mol. The molecule has 1 aromatic rings. The summed E-state index contributed by atoms with van der Waals surface area (Å²) in [5.74, 6) is 1.08. The van der Waals surface area contributed by atoms with Gasteiger partial charge in [-0.2, -0.15) is 5.26 Å². The smallest absolute Gasteiger partial charge is 0.250 e.